The van der Waals surface area contributed by atoms with Crippen LogP contribution in [0.1, 0.15) is 42.6 Å². The number of nitrogens with one attached hydrogen (secondary N) is 1. The number of nitrogens with zero attached hydrogens (tertiary/aromatic N) is 2. The molecule has 0 bridgehead atoms. The van der Waals surface area contributed by atoms with Crippen molar-refractivity contribution < 1.29 is 9.53 Å². The van der Waals surface area contributed by atoms with Crippen molar-refractivity contribution in [2.45, 2.75) is 44.7 Å². The highest BCUT2D eigenvalue weighted by Crippen LogP contribution is 2.20. The summed E-state index contributed by atoms with van der Waals surface area (Å²) in [5, 5.41) is 7.31. The van der Waals surface area contributed by atoms with Crippen molar-refractivity contribution in [2.75, 3.05) is 6.61 Å². The lowest BCUT2D eigenvalue weighted by Gasteiger charge is -2.13. The number of amides is 1. The van der Waals surface area contributed by atoms with E-state index in [1.165, 1.54) is 12.8 Å². The Morgan fingerprint density at radius 2 is 2.24 bits per heavy atom. The Balaban J connectivity index is 1.70. The summed E-state index contributed by atoms with van der Waals surface area (Å²) in [6, 6.07) is 2.07. The Bertz CT molecular complexity index is 398. The van der Waals surface area contributed by atoms with Gasteiger partial charge in [0.1, 0.15) is 0 Å². The van der Waals surface area contributed by atoms with Crippen molar-refractivity contribution in [2.24, 2.45) is 0 Å². The number of fused-ring (bicyclic) bond motifs is 1. The van der Waals surface area contributed by atoms with Gasteiger partial charge in [0, 0.05) is 25.1 Å². The van der Waals surface area contributed by atoms with Gasteiger partial charge in [0.25, 0.3) is 5.91 Å². The minimum atomic E-state index is -0.0672. The van der Waals surface area contributed by atoms with E-state index in [0.29, 0.717) is 17.6 Å². The quantitative estimate of drug-likeness (QED) is 0.841. The normalized spacial score (nSPS) is 19.8. The van der Waals surface area contributed by atoms with Gasteiger partial charge in [-0.3, -0.25) is 4.79 Å². The van der Waals surface area contributed by atoms with Gasteiger partial charge >= 0.3 is 0 Å². The fourth-order valence-electron chi connectivity index (χ4n) is 2.51. The molecule has 0 aromatic carbocycles. The Hall–Kier alpha value is -1.52. The van der Waals surface area contributed by atoms with E-state index in [2.05, 4.69) is 10.4 Å². The number of hydrogen-bond donors (Lipinski definition) is 1. The van der Waals surface area contributed by atoms with E-state index in [1.807, 2.05) is 0 Å². The highest BCUT2D eigenvalue weighted by Gasteiger charge is 2.21. The van der Waals surface area contributed by atoms with Crippen molar-refractivity contribution >= 4 is 5.91 Å². The molecule has 1 aliphatic carbocycles. The molecule has 1 aromatic heterocycles. The molecule has 0 spiro atoms. The molecule has 1 fully saturated rings. The Kier molecular flexibility index (Phi) is 2.74. The van der Waals surface area contributed by atoms with Gasteiger partial charge in [0.2, 0.25) is 5.88 Å². The van der Waals surface area contributed by atoms with Crippen LogP contribution in [0.2, 0.25) is 0 Å². The number of ether oxygens (including phenoxy) is 1. The third-order valence-corrected chi connectivity index (χ3v) is 3.43. The molecule has 0 unspecified atom stereocenters. The zero-order valence-corrected chi connectivity index (χ0v) is 9.82. The molecule has 17 heavy (non-hydrogen) atoms. The van der Waals surface area contributed by atoms with Gasteiger partial charge in [-0.25, -0.2) is 4.68 Å². The highest BCUT2D eigenvalue weighted by atomic mass is 16.5. The summed E-state index contributed by atoms with van der Waals surface area (Å²) in [4.78, 5) is 12.0. The molecule has 3 rings (SSSR count). The van der Waals surface area contributed by atoms with Crippen LogP contribution >= 0.6 is 0 Å². The first-order chi connectivity index (χ1) is 8.33. The van der Waals surface area contributed by atoms with Gasteiger partial charge in [-0.05, 0) is 12.8 Å². The van der Waals surface area contributed by atoms with Crippen molar-refractivity contribution in [1.29, 1.82) is 0 Å². The van der Waals surface area contributed by atoms with Crippen molar-refractivity contribution in [3.8, 4) is 5.88 Å². The fraction of sp³-hybridized carbons (Fsp3) is 0.667. The summed E-state index contributed by atoms with van der Waals surface area (Å²) >= 11 is 0. The largest absolute Gasteiger partial charge is 0.478 e. The van der Waals surface area contributed by atoms with Gasteiger partial charge in [-0.15, -0.1) is 0 Å². The summed E-state index contributed by atoms with van der Waals surface area (Å²) in [7, 11) is 0. The number of aromatic nitrogens is 2. The zero-order valence-electron chi connectivity index (χ0n) is 9.82. The SMILES string of the molecule is O=C(NC1CCCC1)c1cc2n(n1)CCCO2. The van der Waals surface area contributed by atoms with Crippen molar-refractivity contribution in [1.82, 2.24) is 15.1 Å². The lowest BCUT2D eigenvalue weighted by Crippen LogP contribution is -2.32. The molecule has 1 aromatic rings. The van der Waals surface area contributed by atoms with Crippen LogP contribution in [0.15, 0.2) is 6.07 Å². The maximum Gasteiger partial charge on any atom is 0.272 e. The van der Waals surface area contributed by atoms with Gasteiger partial charge in [0.15, 0.2) is 5.69 Å². The Morgan fingerprint density at radius 3 is 3.00 bits per heavy atom. The van der Waals surface area contributed by atoms with Crippen LogP contribution in [0, 0.1) is 0 Å². The smallest absolute Gasteiger partial charge is 0.272 e. The average molecular weight is 235 g/mol. The zero-order chi connectivity index (χ0) is 11.7. The van der Waals surface area contributed by atoms with Crippen LogP contribution in [-0.4, -0.2) is 28.3 Å². The van der Waals surface area contributed by atoms with Gasteiger partial charge in [-0.1, -0.05) is 12.8 Å². The second-order valence-corrected chi connectivity index (χ2v) is 4.75. The lowest BCUT2D eigenvalue weighted by atomic mass is 10.2. The highest BCUT2D eigenvalue weighted by molar-refractivity contribution is 5.92. The number of hydrogen-bond acceptors (Lipinski definition) is 3. The van der Waals surface area contributed by atoms with E-state index in [4.69, 9.17) is 4.74 Å². The van der Waals surface area contributed by atoms with E-state index < -0.39 is 0 Å². The maximum absolute atomic E-state index is 12.0. The van der Waals surface area contributed by atoms with Gasteiger partial charge in [-0.2, -0.15) is 5.10 Å². The van der Waals surface area contributed by atoms with Crippen LogP contribution in [-0.2, 0) is 6.54 Å². The van der Waals surface area contributed by atoms with Gasteiger partial charge < -0.3 is 10.1 Å². The second-order valence-electron chi connectivity index (χ2n) is 4.75. The summed E-state index contributed by atoms with van der Waals surface area (Å²) in [5.41, 5.74) is 0.480. The van der Waals surface area contributed by atoms with E-state index in [9.17, 15) is 4.79 Å². The van der Waals surface area contributed by atoms with E-state index >= 15 is 0 Å². The summed E-state index contributed by atoms with van der Waals surface area (Å²) in [6.45, 7) is 1.56. The van der Waals surface area contributed by atoms with Gasteiger partial charge in [0.05, 0.1) is 6.61 Å². The fourth-order valence-corrected chi connectivity index (χ4v) is 2.51. The summed E-state index contributed by atoms with van der Waals surface area (Å²) < 4.78 is 7.22. The number of carbonyl (C=O) groups is 1. The molecule has 1 aliphatic heterocycles. The molecular formula is C12H17N3O2. The first kappa shape index (κ1) is 10.6. The van der Waals surface area contributed by atoms with Crippen LogP contribution in [0.5, 0.6) is 5.88 Å². The minimum Gasteiger partial charge on any atom is -0.478 e. The first-order valence-electron chi connectivity index (χ1n) is 6.34. The molecule has 0 radical (unpaired) electrons. The molecule has 2 heterocycles. The van der Waals surface area contributed by atoms with E-state index in [0.717, 1.165) is 32.4 Å². The molecule has 1 saturated carbocycles. The Morgan fingerprint density at radius 1 is 1.41 bits per heavy atom. The maximum atomic E-state index is 12.0. The first-order valence-corrected chi connectivity index (χ1v) is 6.34. The molecule has 1 amide bonds. The van der Waals surface area contributed by atoms with E-state index in [1.54, 1.807) is 10.7 Å². The molecule has 1 N–H and O–H groups in total. The molecule has 5 heteroatoms. The number of carbonyl (C=O) groups excluding carboxylic acids is 1. The molecular weight excluding hydrogens is 218 g/mol. The molecule has 5 nitrogen and oxygen atoms in total. The summed E-state index contributed by atoms with van der Waals surface area (Å²) in [5.74, 6) is 0.648. The third kappa shape index (κ3) is 2.14. The van der Waals surface area contributed by atoms with Crippen molar-refractivity contribution in [3.05, 3.63) is 11.8 Å². The molecule has 0 saturated heterocycles. The standard InChI is InChI=1S/C12H17N3O2/c16-12(13-9-4-1-2-5-9)10-8-11-15(14-10)6-3-7-17-11/h8-9H,1-7H2,(H,13,16). The topological polar surface area (TPSA) is 56.2 Å². The lowest BCUT2D eigenvalue weighted by molar-refractivity contribution is 0.0932. The average Bonchev–Trinajstić information content (AvgIpc) is 2.96. The van der Waals surface area contributed by atoms with Crippen LogP contribution in [0.25, 0.3) is 0 Å². The van der Waals surface area contributed by atoms with Crippen LogP contribution in [0.4, 0.5) is 0 Å². The van der Waals surface area contributed by atoms with E-state index in [-0.39, 0.29) is 5.91 Å². The Labute approximate surface area is 100 Å². The third-order valence-electron chi connectivity index (χ3n) is 3.43. The molecule has 2 aliphatic rings. The molecule has 0 atom stereocenters. The predicted molar refractivity (Wildman–Crippen MR) is 62.1 cm³/mol. The monoisotopic (exact) mass is 235 g/mol. The predicted octanol–water partition coefficient (Wildman–Crippen LogP) is 1.34. The van der Waals surface area contributed by atoms with Crippen LogP contribution < -0.4 is 10.1 Å². The number of aryl methyl sites for hydroxylation is 1. The second kappa shape index (κ2) is 4.39. The summed E-state index contributed by atoms with van der Waals surface area (Å²) in [6.07, 6.45) is 5.57. The molecule has 92 valence electrons. The number of rotatable bonds is 2. The minimum absolute atomic E-state index is 0.0672. The van der Waals surface area contributed by atoms with Crippen molar-refractivity contribution in [3.63, 3.8) is 0 Å². The van der Waals surface area contributed by atoms with Crippen LogP contribution in [0.3, 0.4) is 0 Å².